The van der Waals surface area contributed by atoms with Crippen LogP contribution in [0.2, 0.25) is 0 Å². The van der Waals surface area contributed by atoms with E-state index in [0.29, 0.717) is 5.41 Å². The van der Waals surface area contributed by atoms with Crippen LogP contribution < -0.4 is 10.6 Å². The Kier molecular flexibility index (Phi) is 3.29. The lowest BCUT2D eigenvalue weighted by Crippen LogP contribution is -2.42. The molecule has 1 aliphatic carbocycles. The maximum absolute atomic E-state index is 11.8. The molecule has 1 atom stereocenters. The van der Waals surface area contributed by atoms with Crippen LogP contribution in [-0.4, -0.2) is 25.0 Å². The molecule has 3 heteroatoms. The summed E-state index contributed by atoms with van der Waals surface area (Å²) < 4.78 is 0. The summed E-state index contributed by atoms with van der Waals surface area (Å²) in [5.41, 5.74) is 0.475. The molecule has 1 amide bonds. The van der Waals surface area contributed by atoms with Crippen molar-refractivity contribution < 1.29 is 4.79 Å². The third-order valence-electron chi connectivity index (χ3n) is 3.75. The molecule has 15 heavy (non-hydrogen) atoms. The maximum atomic E-state index is 11.8. The van der Waals surface area contributed by atoms with Crippen molar-refractivity contribution in [3.8, 4) is 0 Å². The van der Waals surface area contributed by atoms with Crippen LogP contribution >= 0.6 is 0 Å². The summed E-state index contributed by atoms with van der Waals surface area (Å²) in [6, 6.07) is 0.0856. The van der Waals surface area contributed by atoms with E-state index in [9.17, 15) is 4.79 Å². The fourth-order valence-electron chi connectivity index (χ4n) is 2.53. The van der Waals surface area contributed by atoms with Gasteiger partial charge in [-0.05, 0) is 44.1 Å². The van der Waals surface area contributed by atoms with Gasteiger partial charge in [-0.25, -0.2) is 0 Å². The van der Waals surface area contributed by atoms with Crippen molar-refractivity contribution in [3.63, 3.8) is 0 Å². The number of amides is 1. The molecule has 1 saturated heterocycles. The van der Waals surface area contributed by atoms with E-state index in [1.807, 2.05) is 0 Å². The second kappa shape index (κ2) is 4.52. The lowest BCUT2D eigenvalue weighted by Gasteiger charge is -2.17. The Labute approximate surface area is 92.0 Å². The zero-order chi connectivity index (χ0) is 10.7. The van der Waals surface area contributed by atoms with Crippen molar-refractivity contribution in [3.05, 3.63) is 0 Å². The van der Waals surface area contributed by atoms with Gasteiger partial charge >= 0.3 is 0 Å². The predicted molar refractivity (Wildman–Crippen MR) is 60.6 cm³/mol. The second-order valence-electron chi connectivity index (χ2n) is 5.12. The van der Waals surface area contributed by atoms with Gasteiger partial charge in [0.15, 0.2) is 0 Å². The lowest BCUT2D eigenvalue weighted by atomic mass is 10.0. The molecular formula is C12H22N2O. The highest BCUT2D eigenvalue weighted by atomic mass is 16.2. The summed E-state index contributed by atoms with van der Waals surface area (Å²) in [6.45, 7) is 4.12. The SMILES string of the molecule is CCCC1(CNC(=O)[C@H]2CCCN2)CC1. The maximum Gasteiger partial charge on any atom is 0.237 e. The van der Waals surface area contributed by atoms with Gasteiger partial charge in [0.05, 0.1) is 6.04 Å². The highest BCUT2D eigenvalue weighted by Gasteiger charge is 2.41. The number of hydrogen-bond donors (Lipinski definition) is 2. The molecule has 0 radical (unpaired) electrons. The van der Waals surface area contributed by atoms with Crippen LogP contribution in [0.15, 0.2) is 0 Å². The Bertz CT molecular complexity index is 230. The lowest BCUT2D eigenvalue weighted by molar-refractivity contribution is -0.123. The molecule has 2 N–H and O–H groups in total. The van der Waals surface area contributed by atoms with Gasteiger partial charge in [0.25, 0.3) is 0 Å². The molecule has 0 aromatic rings. The first-order valence-electron chi connectivity index (χ1n) is 6.27. The normalized spacial score (nSPS) is 27.7. The Hall–Kier alpha value is -0.570. The molecule has 1 aliphatic heterocycles. The number of nitrogens with one attached hydrogen (secondary N) is 2. The smallest absolute Gasteiger partial charge is 0.237 e. The first-order valence-corrected chi connectivity index (χ1v) is 6.27. The minimum atomic E-state index is 0.0856. The summed E-state index contributed by atoms with van der Waals surface area (Å²) in [5, 5.41) is 6.34. The van der Waals surface area contributed by atoms with Gasteiger partial charge in [0.1, 0.15) is 0 Å². The Morgan fingerprint density at radius 1 is 1.53 bits per heavy atom. The van der Waals surface area contributed by atoms with Crippen LogP contribution in [0.1, 0.15) is 45.4 Å². The summed E-state index contributed by atoms with van der Waals surface area (Å²) in [4.78, 5) is 11.8. The Balaban J connectivity index is 1.70. The summed E-state index contributed by atoms with van der Waals surface area (Å²) in [6.07, 6.45) is 7.26. The van der Waals surface area contributed by atoms with Crippen LogP contribution in [0, 0.1) is 5.41 Å². The van der Waals surface area contributed by atoms with E-state index in [1.165, 1.54) is 25.7 Å². The second-order valence-corrected chi connectivity index (χ2v) is 5.12. The van der Waals surface area contributed by atoms with E-state index in [2.05, 4.69) is 17.6 Å². The minimum absolute atomic E-state index is 0.0856. The number of rotatable bonds is 5. The van der Waals surface area contributed by atoms with Gasteiger partial charge in [-0.1, -0.05) is 13.3 Å². The third kappa shape index (κ3) is 2.71. The van der Waals surface area contributed by atoms with E-state index in [0.717, 1.165) is 25.9 Å². The predicted octanol–water partition coefficient (Wildman–Crippen LogP) is 1.43. The van der Waals surface area contributed by atoms with E-state index in [1.54, 1.807) is 0 Å². The van der Waals surface area contributed by atoms with Gasteiger partial charge in [0.2, 0.25) is 5.91 Å². The van der Waals surface area contributed by atoms with Crippen molar-refractivity contribution in [1.29, 1.82) is 0 Å². The highest BCUT2D eigenvalue weighted by Crippen LogP contribution is 2.48. The topological polar surface area (TPSA) is 41.1 Å². The van der Waals surface area contributed by atoms with Crippen molar-refractivity contribution in [2.75, 3.05) is 13.1 Å². The fraction of sp³-hybridized carbons (Fsp3) is 0.917. The first kappa shape index (κ1) is 10.9. The average molecular weight is 210 g/mol. The monoisotopic (exact) mass is 210 g/mol. The summed E-state index contributed by atoms with van der Waals surface area (Å²) >= 11 is 0. The van der Waals surface area contributed by atoms with Crippen molar-refractivity contribution in [2.24, 2.45) is 5.41 Å². The van der Waals surface area contributed by atoms with Crippen LogP contribution in [0.5, 0.6) is 0 Å². The zero-order valence-electron chi connectivity index (χ0n) is 9.64. The van der Waals surface area contributed by atoms with E-state index < -0.39 is 0 Å². The Morgan fingerprint density at radius 3 is 2.87 bits per heavy atom. The molecule has 1 heterocycles. The fourth-order valence-corrected chi connectivity index (χ4v) is 2.53. The first-order chi connectivity index (χ1) is 7.26. The highest BCUT2D eigenvalue weighted by molar-refractivity contribution is 5.82. The number of carbonyl (C=O) groups is 1. The van der Waals surface area contributed by atoms with E-state index >= 15 is 0 Å². The van der Waals surface area contributed by atoms with Gasteiger partial charge in [-0.2, -0.15) is 0 Å². The van der Waals surface area contributed by atoms with Crippen LogP contribution in [-0.2, 0) is 4.79 Å². The molecular weight excluding hydrogens is 188 g/mol. The number of carbonyl (C=O) groups excluding carboxylic acids is 1. The van der Waals surface area contributed by atoms with Crippen molar-refractivity contribution in [2.45, 2.75) is 51.5 Å². The molecule has 2 aliphatic rings. The average Bonchev–Trinajstić information content (AvgIpc) is 2.81. The van der Waals surface area contributed by atoms with Gasteiger partial charge < -0.3 is 10.6 Å². The molecule has 1 saturated carbocycles. The molecule has 2 fully saturated rings. The minimum Gasteiger partial charge on any atom is -0.354 e. The zero-order valence-corrected chi connectivity index (χ0v) is 9.64. The summed E-state index contributed by atoms with van der Waals surface area (Å²) in [7, 11) is 0. The molecule has 0 spiro atoms. The van der Waals surface area contributed by atoms with E-state index in [4.69, 9.17) is 0 Å². The standard InChI is InChI=1S/C12H22N2O/c1-2-5-12(6-7-12)9-14-11(15)10-4-3-8-13-10/h10,13H,2-9H2,1H3,(H,14,15)/t10-/m1/s1. The molecule has 0 aromatic heterocycles. The van der Waals surface area contributed by atoms with Crippen LogP contribution in [0.3, 0.4) is 0 Å². The van der Waals surface area contributed by atoms with Crippen LogP contribution in [0.25, 0.3) is 0 Å². The van der Waals surface area contributed by atoms with E-state index in [-0.39, 0.29) is 11.9 Å². The quantitative estimate of drug-likeness (QED) is 0.721. The Morgan fingerprint density at radius 2 is 2.33 bits per heavy atom. The van der Waals surface area contributed by atoms with Gasteiger partial charge in [-0.3, -0.25) is 4.79 Å². The molecule has 0 bridgehead atoms. The largest absolute Gasteiger partial charge is 0.354 e. The van der Waals surface area contributed by atoms with Crippen molar-refractivity contribution >= 4 is 5.91 Å². The van der Waals surface area contributed by atoms with Gasteiger partial charge in [-0.15, -0.1) is 0 Å². The third-order valence-corrected chi connectivity index (χ3v) is 3.75. The van der Waals surface area contributed by atoms with Crippen LogP contribution in [0.4, 0.5) is 0 Å². The number of hydrogen-bond acceptors (Lipinski definition) is 2. The molecule has 3 nitrogen and oxygen atoms in total. The van der Waals surface area contributed by atoms with Gasteiger partial charge in [0, 0.05) is 6.54 Å². The van der Waals surface area contributed by atoms with Crippen molar-refractivity contribution in [1.82, 2.24) is 10.6 Å². The molecule has 0 unspecified atom stereocenters. The molecule has 2 rings (SSSR count). The molecule has 86 valence electrons. The summed E-state index contributed by atoms with van der Waals surface area (Å²) in [5.74, 6) is 0.217. The molecule has 0 aromatic carbocycles.